The van der Waals surface area contributed by atoms with E-state index < -0.39 is 0 Å². The second-order valence-electron chi connectivity index (χ2n) is 7.31. The third-order valence-corrected chi connectivity index (χ3v) is 4.86. The predicted octanol–water partition coefficient (Wildman–Crippen LogP) is 2.88. The third-order valence-electron chi connectivity index (χ3n) is 4.86. The van der Waals surface area contributed by atoms with Gasteiger partial charge in [-0.3, -0.25) is 4.79 Å². The summed E-state index contributed by atoms with van der Waals surface area (Å²) in [5, 5.41) is 4.12. The molecule has 0 bridgehead atoms. The first-order valence-corrected chi connectivity index (χ1v) is 9.07. The van der Waals surface area contributed by atoms with E-state index in [0.717, 1.165) is 38.1 Å². The van der Waals surface area contributed by atoms with Gasteiger partial charge in [0.25, 0.3) is 5.91 Å². The zero-order valence-corrected chi connectivity index (χ0v) is 14.7. The summed E-state index contributed by atoms with van der Waals surface area (Å²) in [6.45, 7) is 5.41. The van der Waals surface area contributed by atoms with E-state index >= 15 is 0 Å². The lowest BCUT2D eigenvalue weighted by molar-refractivity contribution is 0.0697. The fraction of sp³-hybridized carbons (Fsp3) is 0.611. The predicted molar refractivity (Wildman–Crippen MR) is 90.3 cm³/mol. The normalized spacial score (nSPS) is 20.9. The molecule has 7 nitrogen and oxygen atoms in total. The molecular formula is C18H23N5O2. The first kappa shape index (κ1) is 16.2. The second kappa shape index (κ2) is 6.54. The first-order valence-electron chi connectivity index (χ1n) is 9.07. The molecule has 0 radical (unpaired) electrons. The molecule has 1 saturated carbocycles. The van der Waals surface area contributed by atoms with Crippen LogP contribution in [0.2, 0.25) is 0 Å². The second-order valence-corrected chi connectivity index (χ2v) is 7.31. The fourth-order valence-electron chi connectivity index (χ4n) is 3.21. The summed E-state index contributed by atoms with van der Waals surface area (Å²) in [5.74, 6) is 2.92. The van der Waals surface area contributed by atoms with E-state index in [1.165, 1.54) is 0 Å². The van der Waals surface area contributed by atoms with Crippen molar-refractivity contribution in [2.45, 2.75) is 57.3 Å². The van der Waals surface area contributed by atoms with Gasteiger partial charge >= 0.3 is 0 Å². The number of piperidine rings is 1. The molecule has 0 spiro atoms. The zero-order valence-electron chi connectivity index (χ0n) is 14.7. The van der Waals surface area contributed by atoms with Crippen LogP contribution < -0.4 is 0 Å². The number of aromatic nitrogens is 4. The van der Waals surface area contributed by atoms with Gasteiger partial charge in [-0.25, -0.2) is 9.97 Å². The molecule has 25 heavy (non-hydrogen) atoms. The van der Waals surface area contributed by atoms with E-state index in [2.05, 4.69) is 20.1 Å². The van der Waals surface area contributed by atoms with Gasteiger partial charge in [0.2, 0.25) is 5.89 Å². The summed E-state index contributed by atoms with van der Waals surface area (Å²) >= 11 is 0. The topological polar surface area (TPSA) is 85.0 Å². The molecule has 0 aromatic carbocycles. The van der Waals surface area contributed by atoms with Crippen LogP contribution in [0.3, 0.4) is 0 Å². The minimum Gasteiger partial charge on any atom is -0.339 e. The van der Waals surface area contributed by atoms with Crippen molar-refractivity contribution in [2.24, 2.45) is 0 Å². The Hall–Kier alpha value is -2.31. The van der Waals surface area contributed by atoms with Gasteiger partial charge in [-0.15, -0.1) is 0 Å². The highest BCUT2D eigenvalue weighted by Crippen LogP contribution is 2.37. The highest BCUT2D eigenvalue weighted by atomic mass is 16.5. The number of nitrogens with zero attached hydrogens (tertiary/aromatic N) is 5. The Morgan fingerprint density at radius 3 is 2.76 bits per heavy atom. The van der Waals surface area contributed by atoms with Crippen molar-refractivity contribution in [1.82, 2.24) is 25.0 Å². The maximum atomic E-state index is 12.9. The summed E-state index contributed by atoms with van der Waals surface area (Å²) in [7, 11) is 0. The molecule has 2 aliphatic rings. The molecule has 0 unspecified atom stereocenters. The number of likely N-dealkylation sites (tertiary alicyclic amines) is 1. The summed E-state index contributed by atoms with van der Waals surface area (Å²) < 4.78 is 5.32. The van der Waals surface area contributed by atoms with E-state index in [-0.39, 0.29) is 17.7 Å². The van der Waals surface area contributed by atoms with Gasteiger partial charge in [-0.2, -0.15) is 4.98 Å². The number of rotatable bonds is 4. The summed E-state index contributed by atoms with van der Waals surface area (Å²) in [6.07, 6.45) is 5.85. The van der Waals surface area contributed by atoms with Crippen LogP contribution in [0.1, 0.15) is 85.3 Å². The molecule has 2 aromatic rings. The number of amides is 1. The summed E-state index contributed by atoms with van der Waals surface area (Å²) in [5.41, 5.74) is 0.494. The molecule has 7 heteroatoms. The molecule has 1 aliphatic heterocycles. The highest BCUT2D eigenvalue weighted by molar-refractivity contribution is 5.92. The highest BCUT2D eigenvalue weighted by Gasteiger charge is 2.31. The van der Waals surface area contributed by atoms with E-state index in [0.29, 0.717) is 29.9 Å². The minimum atomic E-state index is -0.0263. The van der Waals surface area contributed by atoms with Gasteiger partial charge in [-0.05, 0) is 31.7 Å². The van der Waals surface area contributed by atoms with Gasteiger partial charge < -0.3 is 9.42 Å². The van der Waals surface area contributed by atoms with E-state index in [1.807, 2.05) is 18.7 Å². The molecule has 1 amide bonds. The third kappa shape index (κ3) is 3.41. The Morgan fingerprint density at radius 1 is 1.20 bits per heavy atom. The van der Waals surface area contributed by atoms with E-state index in [1.54, 1.807) is 12.3 Å². The van der Waals surface area contributed by atoms with Gasteiger partial charge in [0, 0.05) is 37.0 Å². The Morgan fingerprint density at radius 2 is 2.04 bits per heavy atom. The lowest BCUT2D eigenvalue weighted by atomic mass is 9.97. The SMILES string of the molecule is CC(C)c1nc([C@@H]2CCCN(C(=O)c3ccnc(C4CC4)n3)C2)no1. The number of carbonyl (C=O) groups is 1. The van der Waals surface area contributed by atoms with Gasteiger partial charge in [0.1, 0.15) is 11.5 Å². The Labute approximate surface area is 146 Å². The van der Waals surface area contributed by atoms with Gasteiger partial charge in [0.15, 0.2) is 5.82 Å². The molecule has 132 valence electrons. The van der Waals surface area contributed by atoms with Crippen molar-refractivity contribution in [3.63, 3.8) is 0 Å². The largest absolute Gasteiger partial charge is 0.339 e. The molecule has 4 rings (SSSR count). The van der Waals surface area contributed by atoms with Gasteiger partial charge in [0.05, 0.1) is 0 Å². The van der Waals surface area contributed by atoms with Crippen LogP contribution in [-0.2, 0) is 0 Å². The fourth-order valence-corrected chi connectivity index (χ4v) is 3.21. The number of carbonyl (C=O) groups excluding carboxylic acids is 1. The minimum absolute atomic E-state index is 0.0263. The summed E-state index contributed by atoms with van der Waals surface area (Å²) in [6, 6.07) is 1.71. The maximum Gasteiger partial charge on any atom is 0.272 e. The number of hydrogen-bond donors (Lipinski definition) is 0. The lowest BCUT2D eigenvalue weighted by Crippen LogP contribution is -2.39. The molecular weight excluding hydrogens is 318 g/mol. The molecule has 0 N–H and O–H groups in total. The van der Waals surface area contributed by atoms with Crippen LogP contribution in [0.15, 0.2) is 16.8 Å². The monoisotopic (exact) mass is 341 g/mol. The van der Waals surface area contributed by atoms with Crippen molar-refractivity contribution < 1.29 is 9.32 Å². The van der Waals surface area contributed by atoms with Crippen molar-refractivity contribution in [2.75, 3.05) is 13.1 Å². The van der Waals surface area contributed by atoms with Crippen LogP contribution in [0.5, 0.6) is 0 Å². The number of hydrogen-bond acceptors (Lipinski definition) is 6. The van der Waals surface area contributed by atoms with Crippen LogP contribution >= 0.6 is 0 Å². The first-order chi connectivity index (χ1) is 12.1. The van der Waals surface area contributed by atoms with Crippen LogP contribution in [0.4, 0.5) is 0 Å². The average Bonchev–Trinajstić information content (AvgIpc) is 3.37. The maximum absolute atomic E-state index is 12.9. The van der Waals surface area contributed by atoms with Gasteiger partial charge in [-0.1, -0.05) is 19.0 Å². The van der Waals surface area contributed by atoms with Crippen molar-refractivity contribution in [3.8, 4) is 0 Å². The van der Waals surface area contributed by atoms with E-state index in [9.17, 15) is 4.79 Å². The molecule has 3 heterocycles. The molecule has 2 aromatic heterocycles. The Kier molecular flexibility index (Phi) is 4.23. The standard InChI is InChI=1S/C18H23N5O2/c1-11(2)17-21-16(22-25-17)13-4-3-9-23(10-13)18(24)14-7-8-19-15(20-14)12-5-6-12/h7-8,11-13H,3-6,9-10H2,1-2H3/t13-/m1/s1. The Balaban J connectivity index is 1.48. The molecule has 1 aliphatic carbocycles. The lowest BCUT2D eigenvalue weighted by Gasteiger charge is -2.31. The van der Waals surface area contributed by atoms with Crippen molar-refractivity contribution in [1.29, 1.82) is 0 Å². The smallest absolute Gasteiger partial charge is 0.272 e. The zero-order chi connectivity index (χ0) is 17.4. The van der Waals surface area contributed by atoms with Crippen LogP contribution in [0.25, 0.3) is 0 Å². The van der Waals surface area contributed by atoms with Crippen LogP contribution in [0, 0.1) is 0 Å². The molecule has 2 fully saturated rings. The summed E-state index contributed by atoms with van der Waals surface area (Å²) in [4.78, 5) is 28.0. The quantitative estimate of drug-likeness (QED) is 0.850. The average molecular weight is 341 g/mol. The van der Waals surface area contributed by atoms with Crippen molar-refractivity contribution >= 4 is 5.91 Å². The Bertz CT molecular complexity index is 768. The molecule has 1 atom stereocenters. The van der Waals surface area contributed by atoms with Crippen molar-refractivity contribution in [3.05, 3.63) is 35.5 Å². The van der Waals surface area contributed by atoms with E-state index in [4.69, 9.17) is 4.52 Å². The van der Waals surface area contributed by atoms with Crippen LogP contribution in [-0.4, -0.2) is 44.0 Å². The molecule has 1 saturated heterocycles.